The fourth-order valence-corrected chi connectivity index (χ4v) is 2.53. The third kappa shape index (κ3) is 1.16. The topological polar surface area (TPSA) is 50.1 Å². The molecule has 0 aromatic carbocycles. The predicted octanol–water partition coefficient (Wildman–Crippen LogP) is 1.91. The lowest BCUT2D eigenvalue weighted by atomic mass is 10.1. The van der Waals surface area contributed by atoms with E-state index in [2.05, 4.69) is 27.9 Å². The highest BCUT2D eigenvalue weighted by Crippen LogP contribution is 2.33. The van der Waals surface area contributed by atoms with Gasteiger partial charge in [-0.15, -0.1) is 0 Å². The lowest BCUT2D eigenvalue weighted by Gasteiger charge is -2.27. The molecule has 1 aliphatic rings. The quantitative estimate of drug-likeness (QED) is 0.807. The van der Waals surface area contributed by atoms with Crippen LogP contribution >= 0.6 is 0 Å². The van der Waals surface area contributed by atoms with Crippen molar-refractivity contribution < 1.29 is 5.11 Å². The summed E-state index contributed by atoms with van der Waals surface area (Å²) in [5, 5.41) is 13.9. The molecule has 4 nitrogen and oxygen atoms in total. The van der Waals surface area contributed by atoms with E-state index in [9.17, 15) is 5.11 Å². The first-order chi connectivity index (χ1) is 7.85. The Kier molecular flexibility index (Phi) is 2.11. The van der Waals surface area contributed by atoms with Crippen molar-refractivity contribution >= 4 is 16.7 Å². The Bertz CT molecular complexity index is 532. The molecule has 0 saturated carbocycles. The summed E-state index contributed by atoms with van der Waals surface area (Å²) < 4.78 is 2.23. The number of nitrogens with one attached hydrogen (secondary N) is 1. The highest BCUT2D eigenvalue weighted by molar-refractivity contribution is 5.91. The monoisotopic (exact) mass is 217 g/mol. The molecule has 2 aromatic rings. The van der Waals surface area contributed by atoms with Gasteiger partial charge in [0.05, 0.1) is 18.2 Å². The first kappa shape index (κ1) is 9.66. The van der Waals surface area contributed by atoms with Crippen LogP contribution in [0.1, 0.15) is 25.1 Å². The van der Waals surface area contributed by atoms with E-state index >= 15 is 0 Å². The fraction of sp³-hybridized carbons (Fsp3) is 0.417. The number of rotatable bonds is 2. The zero-order valence-corrected chi connectivity index (χ0v) is 9.27. The summed E-state index contributed by atoms with van der Waals surface area (Å²) in [5.41, 5.74) is 2.11. The fourth-order valence-electron chi connectivity index (χ4n) is 2.53. The Labute approximate surface area is 93.9 Å². The van der Waals surface area contributed by atoms with E-state index in [0.29, 0.717) is 6.04 Å². The van der Waals surface area contributed by atoms with Gasteiger partial charge in [0, 0.05) is 23.8 Å². The summed E-state index contributed by atoms with van der Waals surface area (Å²) in [4.78, 5) is 4.34. The van der Waals surface area contributed by atoms with Gasteiger partial charge in [-0.1, -0.05) is 6.92 Å². The van der Waals surface area contributed by atoms with E-state index in [-0.39, 0.29) is 6.61 Å². The summed E-state index contributed by atoms with van der Waals surface area (Å²) in [5.74, 6) is 0.932. The minimum atomic E-state index is 0.0879. The minimum Gasteiger partial charge on any atom is -0.390 e. The number of aliphatic hydroxyl groups excluding tert-OH is 1. The molecular formula is C12H15N3O. The number of aliphatic hydroxyl groups is 1. The molecular weight excluding hydrogens is 202 g/mol. The smallest absolute Gasteiger partial charge is 0.150 e. The van der Waals surface area contributed by atoms with Crippen molar-refractivity contribution in [2.24, 2.45) is 0 Å². The van der Waals surface area contributed by atoms with E-state index in [1.54, 1.807) is 0 Å². The van der Waals surface area contributed by atoms with Crippen molar-refractivity contribution in [3.05, 3.63) is 24.0 Å². The molecule has 0 spiro atoms. The van der Waals surface area contributed by atoms with Crippen LogP contribution in [0, 0.1) is 0 Å². The maximum absolute atomic E-state index is 9.42. The number of nitrogens with zero attached hydrogens (tertiary/aromatic N) is 2. The van der Waals surface area contributed by atoms with Gasteiger partial charge in [-0.25, -0.2) is 4.98 Å². The number of hydrogen-bond donors (Lipinski definition) is 2. The van der Waals surface area contributed by atoms with Crippen LogP contribution in [0.5, 0.6) is 0 Å². The lowest BCUT2D eigenvalue weighted by molar-refractivity contribution is 0.266. The van der Waals surface area contributed by atoms with Crippen LogP contribution in [-0.2, 0) is 6.61 Å². The van der Waals surface area contributed by atoms with Crippen LogP contribution < -0.4 is 5.32 Å². The Morgan fingerprint density at radius 3 is 3.25 bits per heavy atom. The Balaban J connectivity index is 2.35. The van der Waals surface area contributed by atoms with Gasteiger partial charge in [-0.2, -0.15) is 0 Å². The van der Waals surface area contributed by atoms with Crippen LogP contribution in [-0.4, -0.2) is 21.2 Å². The summed E-state index contributed by atoms with van der Waals surface area (Å²) >= 11 is 0. The van der Waals surface area contributed by atoms with E-state index < -0.39 is 0 Å². The number of hydrogen-bond acceptors (Lipinski definition) is 3. The summed E-state index contributed by atoms with van der Waals surface area (Å²) in [7, 11) is 0. The molecule has 1 aliphatic heterocycles. The van der Waals surface area contributed by atoms with E-state index in [1.807, 2.05) is 12.3 Å². The van der Waals surface area contributed by atoms with Crippen molar-refractivity contribution in [1.82, 2.24) is 9.55 Å². The second-order valence-corrected chi connectivity index (χ2v) is 4.20. The van der Waals surface area contributed by atoms with Crippen molar-refractivity contribution in [1.29, 1.82) is 0 Å². The molecule has 0 saturated heterocycles. The van der Waals surface area contributed by atoms with Gasteiger partial charge in [0.25, 0.3) is 0 Å². The summed E-state index contributed by atoms with van der Waals surface area (Å²) in [6.07, 6.45) is 2.86. The molecule has 2 N–H and O–H groups in total. The molecule has 3 heterocycles. The average Bonchev–Trinajstić information content (AvgIpc) is 2.71. The second kappa shape index (κ2) is 3.49. The molecule has 1 unspecified atom stereocenters. The first-order valence-electron chi connectivity index (χ1n) is 5.68. The van der Waals surface area contributed by atoms with Crippen molar-refractivity contribution in [2.75, 3.05) is 11.9 Å². The molecule has 0 amide bonds. The Morgan fingerprint density at radius 1 is 1.62 bits per heavy atom. The van der Waals surface area contributed by atoms with Gasteiger partial charge in [0.1, 0.15) is 0 Å². The molecule has 3 rings (SSSR count). The highest BCUT2D eigenvalue weighted by Gasteiger charge is 2.23. The van der Waals surface area contributed by atoms with Crippen LogP contribution in [0.25, 0.3) is 10.9 Å². The third-order valence-corrected chi connectivity index (χ3v) is 3.33. The number of aromatic nitrogens is 2. The van der Waals surface area contributed by atoms with Gasteiger partial charge >= 0.3 is 0 Å². The lowest BCUT2D eigenvalue weighted by Crippen LogP contribution is -2.25. The van der Waals surface area contributed by atoms with Crippen molar-refractivity contribution in [3.8, 4) is 0 Å². The predicted molar refractivity (Wildman–Crippen MR) is 63.5 cm³/mol. The van der Waals surface area contributed by atoms with Crippen molar-refractivity contribution in [2.45, 2.75) is 26.0 Å². The van der Waals surface area contributed by atoms with Gasteiger partial charge in [-0.05, 0) is 18.6 Å². The summed E-state index contributed by atoms with van der Waals surface area (Å²) in [6, 6.07) is 4.46. The summed E-state index contributed by atoms with van der Waals surface area (Å²) in [6.45, 7) is 3.14. The largest absolute Gasteiger partial charge is 0.390 e. The zero-order chi connectivity index (χ0) is 11.1. The van der Waals surface area contributed by atoms with Crippen LogP contribution in [0.4, 0.5) is 5.82 Å². The van der Waals surface area contributed by atoms with Crippen LogP contribution in [0.15, 0.2) is 18.3 Å². The molecule has 16 heavy (non-hydrogen) atoms. The van der Waals surface area contributed by atoms with Crippen LogP contribution in [0.2, 0.25) is 0 Å². The average molecular weight is 217 g/mol. The molecule has 4 heteroatoms. The minimum absolute atomic E-state index is 0.0879. The third-order valence-electron chi connectivity index (χ3n) is 3.33. The van der Waals surface area contributed by atoms with Crippen molar-refractivity contribution in [3.63, 3.8) is 0 Å². The standard InChI is InChI=1S/C12H15N3O/c1-2-9-6-14-12-11-8(3-4-13-12)5-10(7-16)15(9)11/h3-5,9,16H,2,6-7H2,1H3,(H,13,14). The van der Waals surface area contributed by atoms with E-state index in [0.717, 1.165) is 35.4 Å². The van der Waals surface area contributed by atoms with Crippen LogP contribution in [0.3, 0.4) is 0 Å². The zero-order valence-electron chi connectivity index (χ0n) is 9.27. The Hall–Kier alpha value is -1.55. The van der Waals surface area contributed by atoms with E-state index in [1.165, 1.54) is 0 Å². The van der Waals surface area contributed by atoms with Gasteiger partial charge in [0.15, 0.2) is 5.82 Å². The number of anilines is 1. The molecule has 0 radical (unpaired) electrons. The van der Waals surface area contributed by atoms with Gasteiger partial charge in [0.2, 0.25) is 0 Å². The normalized spacial score (nSPS) is 18.8. The molecule has 0 aliphatic carbocycles. The van der Waals surface area contributed by atoms with Gasteiger partial charge < -0.3 is 15.0 Å². The Morgan fingerprint density at radius 2 is 2.50 bits per heavy atom. The maximum atomic E-state index is 9.42. The van der Waals surface area contributed by atoms with E-state index in [4.69, 9.17) is 0 Å². The number of pyridine rings is 1. The SMILES string of the molecule is CCC1CNc2nccc3cc(CO)n1c23. The molecule has 0 bridgehead atoms. The van der Waals surface area contributed by atoms with Gasteiger partial charge in [-0.3, -0.25) is 0 Å². The first-order valence-corrected chi connectivity index (χ1v) is 5.68. The maximum Gasteiger partial charge on any atom is 0.150 e. The molecule has 0 fully saturated rings. The molecule has 2 aromatic heterocycles. The highest BCUT2D eigenvalue weighted by atomic mass is 16.3. The second-order valence-electron chi connectivity index (χ2n) is 4.20. The molecule has 84 valence electrons. The molecule has 1 atom stereocenters.